The van der Waals surface area contributed by atoms with Gasteiger partial charge in [-0.1, -0.05) is 13.0 Å². The molecule has 0 bridgehead atoms. The minimum atomic E-state index is -0.172. The molecule has 0 aliphatic carbocycles. The van der Waals surface area contributed by atoms with Crippen molar-refractivity contribution in [1.29, 1.82) is 0 Å². The summed E-state index contributed by atoms with van der Waals surface area (Å²) in [6, 6.07) is 5.69. The van der Waals surface area contributed by atoms with Crippen molar-refractivity contribution in [3.63, 3.8) is 0 Å². The molecule has 5 nitrogen and oxygen atoms in total. The summed E-state index contributed by atoms with van der Waals surface area (Å²) in [4.78, 5) is 11.2. The molecule has 0 aliphatic rings. The third-order valence-electron chi connectivity index (χ3n) is 2.44. The Kier molecular flexibility index (Phi) is 6.00. The molecule has 18 heavy (non-hydrogen) atoms. The minimum Gasteiger partial charge on any atom is -0.493 e. The van der Waals surface area contributed by atoms with Crippen LogP contribution in [0.3, 0.4) is 0 Å². The van der Waals surface area contributed by atoms with Crippen molar-refractivity contribution in [2.45, 2.75) is 13.5 Å². The van der Waals surface area contributed by atoms with E-state index in [-0.39, 0.29) is 12.5 Å². The molecule has 0 unspecified atom stereocenters. The highest BCUT2D eigenvalue weighted by Gasteiger charge is 2.07. The van der Waals surface area contributed by atoms with Crippen LogP contribution in [0.2, 0.25) is 0 Å². The zero-order valence-electron chi connectivity index (χ0n) is 11.1. The first-order chi connectivity index (χ1) is 8.71. The van der Waals surface area contributed by atoms with Gasteiger partial charge in [-0.05, 0) is 24.2 Å². The number of likely N-dealkylation sites (N-methyl/N-ethyl adjacent to an activating group) is 1. The quantitative estimate of drug-likeness (QED) is 0.758. The third kappa shape index (κ3) is 4.25. The van der Waals surface area contributed by atoms with Crippen LogP contribution in [0.1, 0.15) is 12.5 Å². The lowest BCUT2D eigenvalue weighted by atomic mass is 10.2. The van der Waals surface area contributed by atoms with E-state index in [9.17, 15) is 4.79 Å². The molecule has 1 aromatic rings. The molecule has 100 valence electrons. The summed E-state index contributed by atoms with van der Waals surface area (Å²) in [5.74, 6) is 1.03. The molecule has 0 saturated carbocycles. The summed E-state index contributed by atoms with van der Waals surface area (Å²) in [6.45, 7) is 3.70. The Morgan fingerprint density at radius 1 is 1.33 bits per heavy atom. The number of ether oxygens (including phenoxy) is 2. The van der Waals surface area contributed by atoms with Crippen LogP contribution in [0.25, 0.3) is 0 Å². The van der Waals surface area contributed by atoms with Crippen LogP contribution >= 0.6 is 0 Å². The lowest BCUT2D eigenvalue weighted by Gasteiger charge is -2.12. The molecule has 0 aliphatic heterocycles. The van der Waals surface area contributed by atoms with Crippen molar-refractivity contribution < 1.29 is 14.3 Å². The number of methoxy groups -OCH3 is 1. The van der Waals surface area contributed by atoms with Gasteiger partial charge in [-0.2, -0.15) is 0 Å². The molecular weight excluding hydrogens is 232 g/mol. The highest BCUT2D eigenvalue weighted by Crippen LogP contribution is 2.27. The first-order valence-electron chi connectivity index (χ1n) is 5.92. The average molecular weight is 252 g/mol. The van der Waals surface area contributed by atoms with E-state index in [1.54, 1.807) is 14.2 Å². The summed E-state index contributed by atoms with van der Waals surface area (Å²) < 4.78 is 10.6. The Balaban J connectivity index is 2.74. The van der Waals surface area contributed by atoms with Crippen LogP contribution < -0.4 is 20.1 Å². The summed E-state index contributed by atoms with van der Waals surface area (Å²) in [5, 5.41) is 5.73. The van der Waals surface area contributed by atoms with Gasteiger partial charge in [0.15, 0.2) is 18.1 Å². The fraction of sp³-hybridized carbons (Fsp3) is 0.462. The third-order valence-corrected chi connectivity index (χ3v) is 2.44. The van der Waals surface area contributed by atoms with Gasteiger partial charge in [0.1, 0.15) is 0 Å². The number of carbonyl (C=O) groups is 1. The normalized spacial score (nSPS) is 9.94. The molecule has 0 aromatic heterocycles. The van der Waals surface area contributed by atoms with Crippen molar-refractivity contribution in [1.82, 2.24) is 10.6 Å². The topological polar surface area (TPSA) is 59.6 Å². The van der Waals surface area contributed by atoms with Gasteiger partial charge >= 0.3 is 0 Å². The van der Waals surface area contributed by atoms with E-state index >= 15 is 0 Å². The van der Waals surface area contributed by atoms with E-state index in [4.69, 9.17) is 9.47 Å². The molecule has 2 N–H and O–H groups in total. The summed E-state index contributed by atoms with van der Waals surface area (Å²) in [6.07, 6.45) is 0. The van der Waals surface area contributed by atoms with Crippen LogP contribution in [-0.4, -0.2) is 33.2 Å². The van der Waals surface area contributed by atoms with Gasteiger partial charge in [-0.25, -0.2) is 0 Å². The van der Waals surface area contributed by atoms with Gasteiger partial charge in [0.2, 0.25) is 0 Å². The molecule has 1 amide bonds. The predicted octanol–water partition coefficient (Wildman–Crippen LogP) is 0.929. The smallest absolute Gasteiger partial charge is 0.257 e. The monoisotopic (exact) mass is 252 g/mol. The van der Waals surface area contributed by atoms with E-state index in [2.05, 4.69) is 10.6 Å². The number of nitrogens with one attached hydrogen (secondary N) is 2. The second-order valence-corrected chi connectivity index (χ2v) is 3.73. The van der Waals surface area contributed by atoms with Gasteiger partial charge in [-0.15, -0.1) is 0 Å². The van der Waals surface area contributed by atoms with Gasteiger partial charge < -0.3 is 20.1 Å². The first kappa shape index (κ1) is 14.3. The Bertz CT molecular complexity index is 394. The molecular formula is C13H20N2O3. The van der Waals surface area contributed by atoms with E-state index in [1.165, 1.54) is 0 Å². The highest BCUT2D eigenvalue weighted by atomic mass is 16.5. The molecule has 0 fully saturated rings. The largest absolute Gasteiger partial charge is 0.493 e. The lowest BCUT2D eigenvalue weighted by Crippen LogP contribution is -2.25. The Morgan fingerprint density at radius 2 is 2.11 bits per heavy atom. The van der Waals surface area contributed by atoms with Crippen LogP contribution in [0.4, 0.5) is 0 Å². The van der Waals surface area contributed by atoms with Crippen molar-refractivity contribution in [2.75, 3.05) is 27.3 Å². The summed E-state index contributed by atoms with van der Waals surface area (Å²) in [7, 11) is 3.15. The van der Waals surface area contributed by atoms with E-state index < -0.39 is 0 Å². The van der Waals surface area contributed by atoms with Gasteiger partial charge in [-0.3, -0.25) is 4.79 Å². The van der Waals surface area contributed by atoms with Crippen molar-refractivity contribution in [3.8, 4) is 11.5 Å². The molecule has 0 heterocycles. The lowest BCUT2D eigenvalue weighted by molar-refractivity contribution is -0.122. The number of hydrogen-bond donors (Lipinski definition) is 2. The molecule has 5 heteroatoms. The first-order valence-corrected chi connectivity index (χ1v) is 5.92. The van der Waals surface area contributed by atoms with Crippen LogP contribution in [-0.2, 0) is 11.3 Å². The molecule has 0 spiro atoms. The van der Waals surface area contributed by atoms with Gasteiger partial charge in [0.05, 0.1) is 7.11 Å². The molecule has 0 atom stereocenters. The zero-order chi connectivity index (χ0) is 13.4. The molecule has 1 aromatic carbocycles. The Hall–Kier alpha value is -1.75. The van der Waals surface area contributed by atoms with Crippen molar-refractivity contribution in [3.05, 3.63) is 23.8 Å². The Labute approximate surface area is 107 Å². The fourth-order valence-corrected chi connectivity index (χ4v) is 1.43. The van der Waals surface area contributed by atoms with Crippen LogP contribution in [0, 0.1) is 0 Å². The maximum absolute atomic E-state index is 11.2. The Morgan fingerprint density at radius 3 is 2.72 bits per heavy atom. The number of hydrogen-bond acceptors (Lipinski definition) is 4. The van der Waals surface area contributed by atoms with Crippen molar-refractivity contribution >= 4 is 5.91 Å². The van der Waals surface area contributed by atoms with Gasteiger partial charge in [0.25, 0.3) is 5.91 Å². The second-order valence-electron chi connectivity index (χ2n) is 3.73. The zero-order valence-corrected chi connectivity index (χ0v) is 11.1. The van der Waals surface area contributed by atoms with Crippen LogP contribution in [0.5, 0.6) is 11.5 Å². The standard InChI is InChI=1S/C13H20N2O3/c1-4-15-8-10-5-6-11(17-3)12(7-10)18-9-13(16)14-2/h5-7,15H,4,8-9H2,1-3H3,(H,14,16). The molecule has 0 radical (unpaired) electrons. The number of rotatable bonds is 7. The molecule has 0 saturated heterocycles. The summed E-state index contributed by atoms with van der Waals surface area (Å²) in [5.41, 5.74) is 1.09. The van der Waals surface area contributed by atoms with Crippen molar-refractivity contribution in [2.24, 2.45) is 0 Å². The predicted molar refractivity (Wildman–Crippen MR) is 69.9 cm³/mol. The van der Waals surface area contributed by atoms with E-state index in [1.807, 2.05) is 25.1 Å². The average Bonchev–Trinajstić information content (AvgIpc) is 2.42. The number of benzene rings is 1. The van der Waals surface area contributed by atoms with E-state index in [0.29, 0.717) is 11.5 Å². The number of carbonyl (C=O) groups excluding carboxylic acids is 1. The highest BCUT2D eigenvalue weighted by molar-refractivity contribution is 5.77. The van der Waals surface area contributed by atoms with Crippen LogP contribution in [0.15, 0.2) is 18.2 Å². The van der Waals surface area contributed by atoms with Gasteiger partial charge in [0, 0.05) is 13.6 Å². The fourth-order valence-electron chi connectivity index (χ4n) is 1.43. The minimum absolute atomic E-state index is 0.0163. The maximum Gasteiger partial charge on any atom is 0.257 e. The summed E-state index contributed by atoms with van der Waals surface area (Å²) >= 11 is 0. The maximum atomic E-state index is 11.2. The SMILES string of the molecule is CCNCc1ccc(OC)c(OCC(=O)NC)c1. The molecule has 1 rings (SSSR count). The second kappa shape index (κ2) is 7.55. The van der Waals surface area contributed by atoms with E-state index in [0.717, 1.165) is 18.7 Å². The number of amides is 1.